The molecule has 2 N–H and O–H groups in total. The van der Waals surface area contributed by atoms with Crippen molar-refractivity contribution in [3.63, 3.8) is 0 Å². The number of para-hydroxylation sites is 1. The molecule has 1 aromatic carbocycles. The summed E-state index contributed by atoms with van der Waals surface area (Å²) >= 11 is 0. The molecule has 0 aliphatic heterocycles. The van der Waals surface area contributed by atoms with E-state index in [0.29, 0.717) is 5.82 Å². The van der Waals surface area contributed by atoms with Crippen LogP contribution in [0.1, 0.15) is 31.7 Å². The van der Waals surface area contributed by atoms with Gasteiger partial charge in [0.2, 0.25) is 0 Å². The van der Waals surface area contributed by atoms with Gasteiger partial charge in [0, 0.05) is 0 Å². The molecule has 126 valence electrons. The van der Waals surface area contributed by atoms with Gasteiger partial charge in [-0.25, -0.2) is 9.97 Å². The first-order valence-corrected chi connectivity index (χ1v) is 8.63. The molecule has 0 aliphatic rings. The van der Waals surface area contributed by atoms with Gasteiger partial charge in [-0.3, -0.25) is 0 Å². The van der Waals surface area contributed by atoms with Gasteiger partial charge in [-0.2, -0.15) is 4.68 Å². The van der Waals surface area contributed by atoms with Gasteiger partial charge in [-0.15, -0.1) is 5.10 Å². The summed E-state index contributed by atoms with van der Waals surface area (Å²) in [5.41, 5.74) is 10.6. The molecule has 3 heterocycles. The lowest BCUT2D eigenvalue weighted by Crippen LogP contribution is -2.03. The van der Waals surface area contributed by atoms with Crippen molar-refractivity contribution in [3.8, 4) is 5.82 Å². The van der Waals surface area contributed by atoms with Gasteiger partial charge in [0.05, 0.1) is 16.6 Å². The zero-order chi connectivity index (χ0) is 17.2. The molecule has 0 spiro atoms. The molecular formula is C19H20N6. The summed E-state index contributed by atoms with van der Waals surface area (Å²) in [6, 6.07) is 13.7. The molecule has 0 saturated heterocycles. The zero-order valence-corrected chi connectivity index (χ0v) is 14.2. The predicted molar refractivity (Wildman–Crippen MR) is 99.6 cm³/mol. The molecule has 0 atom stereocenters. The molecule has 0 radical (unpaired) electrons. The van der Waals surface area contributed by atoms with Crippen LogP contribution in [0.3, 0.4) is 0 Å². The van der Waals surface area contributed by atoms with Crippen molar-refractivity contribution >= 4 is 27.9 Å². The van der Waals surface area contributed by atoms with Crippen LogP contribution in [-0.2, 0) is 6.42 Å². The minimum Gasteiger partial charge on any atom is -0.383 e. The number of nitrogens with zero attached hydrogens (tertiary/aromatic N) is 5. The van der Waals surface area contributed by atoms with Gasteiger partial charge in [-0.1, -0.05) is 37.1 Å². The average Bonchev–Trinajstić information content (AvgIpc) is 3.06. The lowest BCUT2D eigenvalue weighted by atomic mass is 10.1. The van der Waals surface area contributed by atoms with Crippen LogP contribution in [0.2, 0.25) is 0 Å². The van der Waals surface area contributed by atoms with Crippen LogP contribution in [0, 0.1) is 0 Å². The van der Waals surface area contributed by atoms with Crippen LogP contribution in [0.4, 0.5) is 5.82 Å². The van der Waals surface area contributed by atoms with E-state index in [-0.39, 0.29) is 0 Å². The van der Waals surface area contributed by atoms with Crippen LogP contribution in [0.15, 0.2) is 42.5 Å². The predicted octanol–water partition coefficient (Wildman–Crippen LogP) is 3.68. The second-order valence-electron chi connectivity index (χ2n) is 6.19. The normalized spacial score (nSPS) is 11.4. The highest BCUT2D eigenvalue weighted by Crippen LogP contribution is 2.21. The summed E-state index contributed by atoms with van der Waals surface area (Å²) in [4.78, 5) is 9.25. The number of hydrogen-bond donors (Lipinski definition) is 1. The minimum absolute atomic E-state index is 0.601. The Labute approximate surface area is 145 Å². The molecule has 0 fully saturated rings. The Kier molecular flexibility index (Phi) is 4.01. The molecular weight excluding hydrogens is 312 g/mol. The molecule has 0 saturated carbocycles. The third-order valence-electron chi connectivity index (χ3n) is 4.39. The number of nitrogen functional groups attached to an aromatic ring is 1. The van der Waals surface area contributed by atoms with E-state index >= 15 is 0 Å². The van der Waals surface area contributed by atoms with Crippen molar-refractivity contribution in [2.45, 2.75) is 32.6 Å². The summed E-state index contributed by atoms with van der Waals surface area (Å²) in [7, 11) is 0. The number of aryl methyl sites for hydroxylation is 1. The van der Waals surface area contributed by atoms with Gasteiger partial charge in [0.25, 0.3) is 0 Å². The highest BCUT2D eigenvalue weighted by Gasteiger charge is 2.10. The smallest absolute Gasteiger partial charge is 0.156 e. The summed E-state index contributed by atoms with van der Waals surface area (Å²) in [5.74, 6) is 1.33. The summed E-state index contributed by atoms with van der Waals surface area (Å²) in [6.45, 7) is 2.19. The lowest BCUT2D eigenvalue weighted by molar-refractivity contribution is 0.717. The molecule has 0 aliphatic carbocycles. The van der Waals surface area contributed by atoms with Crippen LogP contribution in [-0.4, -0.2) is 25.0 Å². The van der Waals surface area contributed by atoms with Crippen LogP contribution >= 0.6 is 0 Å². The van der Waals surface area contributed by atoms with Gasteiger partial charge in [0.15, 0.2) is 5.82 Å². The van der Waals surface area contributed by atoms with Gasteiger partial charge < -0.3 is 5.73 Å². The number of pyridine rings is 2. The topological polar surface area (TPSA) is 82.5 Å². The van der Waals surface area contributed by atoms with E-state index in [2.05, 4.69) is 28.3 Å². The van der Waals surface area contributed by atoms with E-state index in [1.165, 1.54) is 12.8 Å². The van der Waals surface area contributed by atoms with Crippen molar-refractivity contribution in [3.05, 3.63) is 48.0 Å². The fourth-order valence-electron chi connectivity index (χ4n) is 3.02. The first kappa shape index (κ1) is 15.5. The van der Waals surface area contributed by atoms with E-state index in [4.69, 9.17) is 10.7 Å². The van der Waals surface area contributed by atoms with Crippen LogP contribution < -0.4 is 5.73 Å². The van der Waals surface area contributed by atoms with Gasteiger partial charge in [0.1, 0.15) is 11.3 Å². The standard InChI is InChI=1S/C19H20N6/c1-2-3-4-7-13-12-16-14(22-19(13)20)10-11-18(21-16)25-17-9-6-5-8-15(17)23-24-25/h5-6,8-12H,2-4,7H2,1H3,(H2,20,22). The number of nitrogens with two attached hydrogens (primary N) is 1. The van der Waals surface area contributed by atoms with Gasteiger partial charge >= 0.3 is 0 Å². The Morgan fingerprint density at radius 3 is 2.72 bits per heavy atom. The maximum absolute atomic E-state index is 6.11. The van der Waals surface area contributed by atoms with Crippen molar-refractivity contribution in [2.24, 2.45) is 0 Å². The van der Waals surface area contributed by atoms with E-state index in [1.807, 2.05) is 36.4 Å². The quantitative estimate of drug-likeness (QED) is 0.564. The van der Waals surface area contributed by atoms with Gasteiger partial charge in [-0.05, 0) is 48.7 Å². The average molecular weight is 332 g/mol. The number of unbranched alkanes of at least 4 members (excludes halogenated alkanes) is 2. The third-order valence-corrected chi connectivity index (χ3v) is 4.39. The summed E-state index contributed by atoms with van der Waals surface area (Å²) in [6.07, 6.45) is 4.42. The highest BCUT2D eigenvalue weighted by atomic mass is 15.4. The second kappa shape index (κ2) is 6.47. The molecule has 4 rings (SSSR count). The fraction of sp³-hybridized carbons (Fsp3) is 0.263. The summed E-state index contributed by atoms with van der Waals surface area (Å²) < 4.78 is 1.75. The molecule has 0 unspecified atom stereocenters. The molecule has 25 heavy (non-hydrogen) atoms. The fourth-order valence-corrected chi connectivity index (χ4v) is 3.02. The molecule has 6 heteroatoms. The van der Waals surface area contributed by atoms with Crippen molar-refractivity contribution in [1.29, 1.82) is 0 Å². The molecule has 0 bridgehead atoms. The zero-order valence-electron chi connectivity index (χ0n) is 14.2. The van der Waals surface area contributed by atoms with Crippen molar-refractivity contribution in [2.75, 3.05) is 5.73 Å². The first-order valence-electron chi connectivity index (χ1n) is 8.63. The first-order chi connectivity index (χ1) is 12.3. The number of fused-ring (bicyclic) bond motifs is 2. The number of rotatable bonds is 5. The molecule has 6 nitrogen and oxygen atoms in total. The second-order valence-corrected chi connectivity index (χ2v) is 6.19. The Balaban J connectivity index is 1.77. The monoisotopic (exact) mass is 332 g/mol. The summed E-state index contributed by atoms with van der Waals surface area (Å²) in [5, 5.41) is 8.43. The number of aromatic nitrogens is 5. The highest BCUT2D eigenvalue weighted by molar-refractivity contribution is 5.80. The Morgan fingerprint density at radius 1 is 0.960 bits per heavy atom. The van der Waals surface area contributed by atoms with Crippen LogP contribution in [0.5, 0.6) is 0 Å². The largest absolute Gasteiger partial charge is 0.383 e. The molecule has 3 aromatic heterocycles. The minimum atomic E-state index is 0.601. The number of anilines is 1. The Bertz CT molecular complexity index is 1040. The van der Waals surface area contributed by atoms with E-state index < -0.39 is 0 Å². The van der Waals surface area contributed by atoms with E-state index in [1.54, 1.807) is 4.68 Å². The molecule has 4 aromatic rings. The maximum atomic E-state index is 6.11. The number of hydrogen-bond acceptors (Lipinski definition) is 5. The van der Waals surface area contributed by atoms with E-state index in [9.17, 15) is 0 Å². The lowest BCUT2D eigenvalue weighted by Gasteiger charge is -2.08. The van der Waals surface area contributed by atoms with Crippen LogP contribution in [0.25, 0.3) is 27.9 Å². The molecule has 0 amide bonds. The Morgan fingerprint density at radius 2 is 1.84 bits per heavy atom. The maximum Gasteiger partial charge on any atom is 0.156 e. The third kappa shape index (κ3) is 2.91. The van der Waals surface area contributed by atoms with Crippen molar-refractivity contribution in [1.82, 2.24) is 25.0 Å². The number of benzene rings is 1. The SMILES string of the molecule is CCCCCc1cc2nc(-n3nnc4ccccc43)ccc2nc1N. The van der Waals surface area contributed by atoms with Crippen molar-refractivity contribution < 1.29 is 0 Å². The Hall–Kier alpha value is -3.02. The van der Waals surface area contributed by atoms with E-state index in [0.717, 1.165) is 46.3 Å².